The second-order valence-electron chi connectivity index (χ2n) is 3.65. The molecule has 0 aliphatic carbocycles. The van der Waals surface area contributed by atoms with Crippen LogP contribution in [-0.4, -0.2) is 4.98 Å². The van der Waals surface area contributed by atoms with Gasteiger partial charge in [-0.1, -0.05) is 29.8 Å². The number of aromatic nitrogens is 2. The van der Waals surface area contributed by atoms with Gasteiger partial charge in [0.1, 0.15) is 18.4 Å². The number of benzene rings is 1. The molecule has 1 unspecified atom stereocenters. The van der Waals surface area contributed by atoms with Gasteiger partial charge < -0.3 is 12.4 Å². The predicted octanol–water partition coefficient (Wildman–Crippen LogP) is -0.776. The molecular weight excluding hydrogens is 208 g/mol. The molecule has 0 saturated carbocycles. The normalized spacial score (nSPS) is 11.9. The highest BCUT2D eigenvalue weighted by molar-refractivity contribution is 5.23. The second-order valence-corrected chi connectivity index (χ2v) is 3.65. The maximum absolute atomic E-state index is 3.06. The van der Waals surface area contributed by atoms with Crippen molar-refractivity contribution in [1.29, 1.82) is 0 Å². The lowest BCUT2D eigenvalue weighted by molar-refractivity contribution is -0.709. The number of hydrogen-bond acceptors (Lipinski definition) is 0. The van der Waals surface area contributed by atoms with Crippen molar-refractivity contribution in [3.05, 3.63) is 54.1 Å². The van der Waals surface area contributed by atoms with Crippen molar-refractivity contribution >= 4 is 0 Å². The lowest BCUT2D eigenvalue weighted by Crippen LogP contribution is -3.00. The summed E-state index contributed by atoms with van der Waals surface area (Å²) in [7, 11) is 0. The molecule has 1 atom stereocenters. The van der Waals surface area contributed by atoms with E-state index in [2.05, 4.69) is 47.7 Å². The van der Waals surface area contributed by atoms with Crippen LogP contribution < -0.4 is 17.0 Å². The van der Waals surface area contributed by atoms with Crippen LogP contribution in [-0.2, 0) is 0 Å². The number of aryl methyl sites for hydroxylation is 1. The van der Waals surface area contributed by atoms with Crippen molar-refractivity contribution in [1.82, 2.24) is 4.98 Å². The molecule has 15 heavy (non-hydrogen) atoms. The van der Waals surface area contributed by atoms with Gasteiger partial charge >= 0.3 is 0 Å². The molecule has 0 radical (unpaired) electrons. The largest absolute Gasteiger partial charge is 1.00 e. The number of hydrogen-bond donors (Lipinski definition) is 1. The third-order valence-electron chi connectivity index (χ3n) is 2.54. The van der Waals surface area contributed by atoms with Crippen LogP contribution >= 0.6 is 0 Å². The first-order chi connectivity index (χ1) is 6.77. The van der Waals surface area contributed by atoms with E-state index in [0.29, 0.717) is 6.04 Å². The number of aromatic amines is 1. The molecule has 0 fully saturated rings. The Morgan fingerprint density at radius 3 is 2.73 bits per heavy atom. The maximum atomic E-state index is 3.06. The van der Waals surface area contributed by atoms with Gasteiger partial charge in [-0.3, -0.25) is 4.98 Å². The van der Waals surface area contributed by atoms with Crippen molar-refractivity contribution in [2.75, 3.05) is 0 Å². The van der Waals surface area contributed by atoms with E-state index in [-0.39, 0.29) is 12.4 Å². The average Bonchev–Trinajstić information content (AvgIpc) is 2.69. The summed E-state index contributed by atoms with van der Waals surface area (Å²) in [6.45, 7) is 4.32. The summed E-state index contributed by atoms with van der Waals surface area (Å²) >= 11 is 0. The third kappa shape index (κ3) is 2.60. The monoisotopic (exact) mass is 222 g/mol. The van der Waals surface area contributed by atoms with Gasteiger partial charge in [0.05, 0.1) is 0 Å². The Kier molecular flexibility index (Phi) is 3.92. The van der Waals surface area contributed by atoms with Crippen molar-refractivity contribution in [2.24, 2.45) is 0 Å². The van der Waals surface area contributed by atoms with Crippen LogP contribution in [0.15, 0.2) is 43.0 Å². The molecule has 0 spiro atoms. The molecule has 80 valence electrons. The minimum absolute atomic E-state index is 0. The standard InChI is InChI=1S/C12H14N2.ClH/c1-10-4-3-5-12(8-10)11(2)14-7-6-13-9-14;/h3-9,11H,1-2H3;1H. The van der Waals surface area contributed by atoms with E-state index in [1.54, 1.807) is 0 Å². The Morgan fingerprint density at radius 1 is 1.33 bits per heavy atom. The molecule has 0 saturated heterocycles. The van der Waals surface area contributed by atoms with E-state index >= 15 is 0 Å². The van der Waals surface area contributed by atoms with Crippen LogP contribution in [0.3, 0.4) is 0 Å². The van der Waals surface area contributed by atoms with Gasteiger partial charge in [-0.15, -0.1) is 0 Å². The Labute approximate surface area is 96.4 Å². The summed E-state index contributed by atoms with van der Waals surface area (Å²) in [4.78, 5) is 3.06. The molecule has 2 aromatic rings. The molecule has 2 rings (SSSR count). The SMILES string of the molecule is Cc1cccc(C(C)[n+]2cc[nH]c2)c1.[Cl-]. The number of halogens is 1. The summed E-state index contributed by atoms with van der Waals surface area (Å²) in [6, 6.07) is 9.01. The number of imidazole rings is 1. The molecule has 0 aliphatic rings. The second kappa shape index (κ2) is 4.99. The summed E-state index contributed by atoms with van der Waals surface area (Å²) in [5, 5.41) is 0. The Bertz CT molecular complexity index is 409. The first-order valence-electron chi connectivity index (χ1n) is 4.87. The lowest BCUT2D eigenvalue weighted by Gasteiger charge is -2.08. The van der Waals surface area contributed by atoms with E-state index in [1.165, 1.54) is 11.1 Å². The number of nitrogens with one attached hydrogen (secondary N) is 1. The van der Waals surface area contributed by atoms with Gasteiger partial charge in [0.2, 0.25) is 6.33 Å². The van der Waals surface area contributed by atoms with Gasteiger partial charge in [0, 0.05) is 0 Å². The Hall–Kier alpha value is -1.28. The Balaban J connectivity index is 0.00000112. The smallest absolute Gasteiger partial charge is 0.242 e. The minimum atomic E-state index is 0. The van der Waals surface area contributed by atoms with Gasteiger partial charge in [-0.25, -0.2) is 4.57 Å². The van der Waals surface area contributed by atoms with Crippen LogP contribution in [0.2, 0.25) is 0 Å². The van der Waals surface area contributed by atoms with Crippen LogP contribution in [0.25, 0.3) is 0 Å². The van der Waals surface area contributed by atoms with Gasteiger partial charge in [-0.2, -0.15) is 0 Å². The number of H-pyrrole nitrogens is 1. The van der Waals surface area contributed by atoms with E-state index in [0.717, 1.165) is 0 Å². The molecule has 1 N–H and O–H groups in total. The zero-order valence-electron chi connectivity index (χ0n) is 8.94. The van der Waals surface area contributed by atoms with E-state index in [4.69, 9.17) is 0 Å². The minimum Gasteiger partial charge on any atom is -1.00 e. The zero-order chi connectivity index (χ0) is 9.97. The van der Waals surface area contributed by atoms with Gasteiger partial charge in [0.25, 0.3) is 0 Å². The van der Waals surface area contributed by atoms with Gasteiger partial charge in [-0.05, 0) is 19.4 Å². The molecule has 1 heterocycles. The average molecular weight is 223 g/mol. The van der Waals surface area contributed by atoms with Crippen LogP contribution in [0.1, 0.15) is 24.1 Å². The highest BCUT2D eigenvalue weighted by Gasteiger charge is 2.11. The summed E-state index contributed by atoms with van der Waals surface area (Å²) < 4.78 is 2.16. The van der Waals surface area contributed by atoms with Crippen LogP contribution in [0, 0.1) is 6.92 Å². The number of nitrogens with zero attached hydrogens (tertiary/aromatic N) is 1. The molecule has 1 aromatic heterocycles. The highest BCUT2D eigenvalue weighted by Crippen LogP contribution is 2.12. The quantitative estimate of drug-likeness (QED) is 0.644. The first kappa shape index (κ1) is 11.8. The molecule has 3 heteroatoms. The van der Waals surface area contributed by atoms with Gasteiger partial charge in [0.15, 0.2) is 0 Å². The van der Waals surface area contributed by atoms with Crippen molar-refractivity contribution in [3.8, 4) is 0 Å². The molecular formula is C12H15ClN2. The first-order valence-corrected chi connectivity index (χ1v) is 4.87. The number of rotatable bonds is 2. The molecule has 2 nitrogen and oxygen atoms in total. The van der Waals surface area contributed by atoms with E-state index in [9.17, 15) is 0 Å². The molecule has 0 bridgehead atoms. The summed E-state index contributed by atoms with van der Waals surface area (Å²) in [5.74, 6) is 0. The van der Waals surface area contributed by atoms with Crippen molar-refractivity contribution in [2.45, 2.75) is 19.9 Å². The lowest BCUT2D eigenvalue weighted by atomic mass is 10.1. The fraction of sp³-hybridized carbons (Fsp3) is 0.250. The van der Waals surface area contributed by atoms with Crippen molar-refractivity contribution < 1.29 is 17.0 Å². The fourth-order valence-corrected chi connectivity index (χ4v) is 1.64. The fourth-order valence-electron chi connectivity index (χ4n) is 1.64. The van der Waals surface area contributed by atoms with E-state index in [1.807, 2.05) is 18.7 Å². The molecule has 0 aliphatic heterocycles. The van der Waals surface area contributed by atoms with E-state index < -0.39 is 0 Å². The summed E-state index contributed by atoms with van der Waals surface area (Å²) in [5.41, 5.74) is 2.65. The van der Waals surface area contributed by atoms with Crippen LogP contribution in [0.5, 0.6) is 0 Å². The topological polar surface area (TPSA) is 19.7 Å². The van der Waals surface area contributed by atoms with Crippen LogP contribution in [0.4, 0.5) is 0 Å². The maximum Gasteiger partial charge on any atom is 0.242 e. The third-order valence-corrected chi connectivity index (χ3v) is 2.54. The zero-order valence-corrected chi connectivity index (χ0v) is 9.70. The highest BCUT2D eigenvalue weighted by atomic mass is 35.5. The molecule has 1 aromatic carbocycles. The Morgan fingerprint density at radius 2 is 2.13 bits per heavy atom. The summed E-state index contributed by atoms with van der Waals surface area (Å²) in [6.07, 6.45) is 5.96. The van der Waals surface area contributed by atoms with Crippen molar-refractivity contribution in [3.63, 3.8) is 0 Å². The predicted molar refractivity (Wildman–Crippen MR) is 56.0 cm³/mol. The molecule has 0 amide bonds.